The third-order valence-electron chi connectivity index (χ3n) is 4.88. The second-order valence-corrected chi connectivity index (χ2v) is 6.56. The van der Waals surface area contributed by atoms with E-state index in [9.17, 15) is 13.6 Å². The topological polar surface area (TPSA) is 32.8 Å². The zero-order chi connectivity index (χ0) is 16.9. The van der Waals surface area contributed by atoms with Gasteiger partial charge in [0.25, 0.3) is 5.91 Å². The first-order valence-corrected chi connectivity index (χ1v) is 8.71. The van der Waals surface area contributed by atoms with Crippen LogP contribution in [-0.2, 0) is 0 Å². The van der Waals surface area contributed by atoms with Crippen molar-refractivity contribution < 1.29 is 18.3 Å². The monoisotopic (exact) mass is 338 g/mol. The van der Waals surface area contributed by atoms with Gasteiger partial charge in [0.1, 0.15) is 5.75 Å². The Morgan fingerprint density at radius 2 is 1.75 bits per heavy atom. The summed E-state index contributed by atoms with van der Waals surface area (Å²) in [6.45, 7) is 1.11. The Morgan fingerprint density at radius 1 is 1.08 bits per heavy atom. The van der Waals surface area contributed by atoms with E-state index in [0.29, 0.717) is 5.56 Å². The Labute approximate surface area is 141 Å². The highest BCUT2D eigenvalue weighted by Crippen LogP contribution is 2.23. The number of halogens is 2. The molecule has 6 heteroatoms. The van der Waals surface area contributed by atoms with Crippen molar-refractivity contribution in [2.45, 2.75) is 44.8 Å². The molecule has 0 aromatic heterocycles. The normalized spacial score (nSPS) is 22.1. The first kappa shape index (κ1) is 17.1. The molecule has 1 atom stereocenters. The Balaban J connectivity index is 1.66. The summed E-state index contributed by atoms with van der Waals surface area (Å²) in [7, 11) is 0. The molecule has 1 aromatic rings. The number of alkyl halides is 2. The van der Waals surface area contributed by atoms with E-state index in [0.717, 1.165) is 45.4 Å². The summed E-state index contributed by atoms with van der Waals surface area (Å²) in [5.41, 5.74) is 0.532. The van der Waals surface area contributed by atoms with Gasteiger partial charge < -0.3 is 14.5 Å². The average Bonchev–Trinajstić information content (AvgIpc) is 3.08. The summed E-state index contributed by atoms with van der Waals surface area (Å²) >= 11 is 0. The largest absolute Gasteiger partial charge is 0.435 e. The second-order valence-electron chi connectivity index (χ2n) is 6.56. The van der Waals surface area contributed by atoms with Crippen molar-refractivity contribution in [3.8, 4) is 5.75 Å². The first-order valence-electron chi connectivity index (χ1n) is 8.71. The van der Waals surface area contributed by atoms with E-state index in [2.05, 4.69) is 9.64 Å². The van der Waals surface area contributed by atoms with Crippen LogP contribution >= 0.6 is 0 Å². The lowest BCUT2D eigenvalue weighted by Crippen LogP contribution is -2.49. The van der Waals surface area contributed by atoms with Gasteiger partial charge in [0.2, 0.25) is 0 Å². The highest BCUT2D eigenvalue weighted by molar-refractivity contribution is 5.94. The van der Waals surface area contributed by atoms with Crippen LogP contribution in [0.25, 0.3) is 0 Å². The fraction of sp³-hybridized carbons (Fsp3) is 0.611. The Hall–Kier alpha value is -1.69. The number of likely N-dealkylation sites (tertiary alicyclic amines) is 2. The average molecular weight is 338 g/mol. The summed E-state index contributed by atoms with van der Waals surface area (Å²) < 4.78 is 28.8. The first-order chi connectivity index (χ1) is 11.6. The van der Waals surface area contributed by atoms with E-state index in [1.807, 2.05) is 4.90 Å². The Kier molecular flexibility index (Phi) is 5.66. The van der Waals surface area contributed by atoms with Crippen molar-refractivity contribution in [2.24, 2.45) is 0 Å². The van der Waals surface area contributed by atoms with Crippen LogP contribution in [0.4, 0.5) is 8.78 Å². The molecule has 0 aliphatic carbocycles. The molecule has 0 radical (unpaired) electrons. The van der Waals surface area contributed by atoms with Crippen molar-refractivity contribution in [3.05, 3.63) is 29.8 Å². The van der Waals surface area contributed by atoms with Crippen LogP contribution in [0.15, 0.2) is 24.3 Å². The fourth-order valence-corrected chi connectivity index (χ4v) is 3.67. The smallest absolute Gasteiger partial charge is 0.387 e. The number of amides is 1. The molecule has 132 valence electrons. The molecule has 1 unspecified atom stereocenters. The van der Waals surface area contributed by atoms with Gasteiger partial charge >= 0.3 is 6.61 Å². The number of piperidine rings is 1. The van der Waals surface area contributed by atoms with Crippen LogP contribution in [0, 0.1) is 0 Å². The Bertz CT molecular complexity index is 544. The van der Waals surface area contributed by atoms with Gasteiger partial charge in [0.05, 0.1) is 0 Å². The number of rotatable bonds is 5. The van der Waals surface area contributed by atoms with E-state index in [1.165, 1.54) is 25.0 Å². The van der Waals surface area contributed by atoms with Crippen LogP contribution in [0.3, 0.4) is 0 Å². The van der Waals surface area contributed by atoms with E-state index in [-0.39, 0.29) is 17.7 Å². The molecule has 2 saturated heterocycles. The molecule has 24 heavy (non-hydrogen) atoms. The summed E-state index contributed by atoms with van der Waals surface area (Å²) in [4.78, 5) is 17.2. The van der Waals surface area contributed by atoms with E-state index < -0.39 is 6.61 Å². The van der Waals surface area contributed by atoms with Crippen LogP contribution in [-0.4, -0.2) is 54.5 Å². The molecular formula is C18H24F2N2O2. The summed E-state index contributed by atoms with van der Waals surface area (Å²) in [5, 5.41) is 0. The van der Waals surface area contributed by atoms with Crippen molar-refractivity contribution in [2.75, 3.05) is 26.2 Å². The zero-order valence-electron chi connectivity index (χ0n) is 13.8. The maximum absolute atomic E-state index is 12.8. The minimum Gasteiger partial charge on any atom is -0.435 e. The molecule has 1 amide bonds. The minimum absolute atomic E-state index is 0.0116. The van der Waals surface area contributed by atoms with E-state index in [4.69, 9.17) is 0 Å². The molecule has 2 fully saturated rings. The maximum atomic E-state index is 12.8. The van der Waals surface area contributed by atoms with Gasteiger partial charge in [0.15, 0.2) is 0 Å². The van der Waals surface area contributed by atoms with Crippen molar-refractivity contribution in [3.63, 3.8) is 0 Å². The predicted molar refractivity (Wildman–Crippen MR) is 87.4 cm³/mol. The van der Waals surface area contributed by atoms with Crippen LogP contribution in [0.2, 0.25) is 0 Å². The molecule has 3 rings (SSSR count). The molecular weight excluding hydrogens is 314 g/mol. The summed E-state index contributed by atoms with van der Waals surface area (Å²) in [6.07, 6.45) is 5.70. The SMILES string of the molecule is O=C(c1ccc(OC(F)F)cc1)N1CCCCC1CN1CCCC1. The highest BCUT2D eigenvalue weighted by atomic mass is 19.3. The van der Waals surface area contributed by atoms with Gasteiger partial charge in [-0.15, -0.1) is 0 Å². The molecule has 4 nitrogen and oxygen atoms in total. The molecule has 0 saturated carbocycles. The van der Waals surface area contributed by atoms with Gasteiger partial charge in [-0.05, 0) is 69.5 Å². The predicted octanol–water partition coefficient (Wildman–Crippen LogP) is 3.38. The maximum Gasteiger partial charge on any atom is 0.387 e. The number of hydrogen-bond acceptors (Lipinski definition) is 3. The van der Waals surface area contributed by atoms with Crippen molar-refractivity contribution >= 4 is 5.91 Å². The molecule has 2 aliphatic rings. The minimum atomic E-state index is -2.85. The number of carbonyl (C=O) groups is 1. The zero-order valence-corrected chi connectivity index (χ0v) is 13.8. The van der Waals surface area contributed by atoms with Gasteiger partial charge in [-0.1, -0.05) is 0 Å². The second kappa shape index (κ2) is 7.92. The Morgan fingerprint density at radius 3 is 2.42 bits per heavy atom. The quantitative estimate of drug-likeness (QED) is 0.825. The third kappa shape index (κ3) is 4.23. The molecule has 0 spiro atoms. The van der Waals surface area contributed by atoms with Crippen LogP contribution < -0.4 is 4.74 Å². The number of ether oxygens (including phenoxy) is 1. The van der Waals surface area contributed by atoms with E-state index >= 15 is 0 Å². The lowest BCUT2D eigenvalue weighted by atomic mass is 10.00. The van der Waals surface area contributed by atoms with Crippen LogP contribution in [0.1, 0.15) is 42.5 Å². The van der Waals surface area contributed by atoms with Gasteiger partial charge in [0, 0.05) is 24.7 Å². The number of hydrogen-bond donors (Lipinski definition) is 0. The third-order valence-corrected chi connectivity index (χ3v) is 4.88. The molecule has 2 heterocycles. The molecule has 2 aliphatic heterocycles. The van der Waals surface area contributed by atoms with Crippen molar-refractivity contribution in [1.82, 2.24) is 9.80 Å². The lowest BCUT2D eigenvalue weighted by molar-refractivity contribution is -0.0498. The van der Waals surface area contributed by atoms with Crippen molar-refractivity contribution in [1.29, 1.82) is 0 Å². The van der Waals surface area contributed by atoms with Gasteiger partial charge in [-0.3, -0.25) is 4.79 Å². The molecule has 0 bridgehead atoms. The standard InChI is InChI=1S/C18H24F2N2O2/c19-18(20)24-16-8-6-14(7-9-16)17(23)22-12-2-1-5-15(22)13-21-10-3-4-11-21/h6-9,15,18H,1-5,10-13H2. The summed E-state index contributed by atoms with van der Waals surface area (Å²) in [6, 6.07) is 6.25. The van der Waals surface area contributed by atoms with Gasteiger partial charge in [-0.2, -0.15) is 8.78 Å². The number of nitrogens with zero attached hydrogens (tertiary/aromatic N) is 2. The lowest BCUT2D eigenvalue weighted by Gasteiger charge is -2.38. The number of benzene rings is 1. The van der Waals surface area contributed by atoms with Crippen LogP contribution in [0.5, 0.6) is 5.75 Å². The highest BCUT2D eigenvalue weighted by Gasteiger charge is 2.29. The fourth-order valence-electron chi connectivity index (χ4n) is 3.67. The molecule has 1 aromatic carbocycles. The van der Waals surface area contributed by atoms with Gasteiger partial charge in [-0.25, -0.2) is 0 Å². The van der Waals surface area contributed by atoms with E-state index in [1.54, 1.807) is 12.1 Å². The summed E-state index contributed by atoms with van der Waals surface area (Å²) in [5.74, 6) is 0.0660. The molecule has 0 N–H and O–H groups in total. The number of carbonyl (C=O) groups excluding carboxylic acids is 1.